The molecule has 0 unspecified atom stereocenters. The number of nitrogens with zero attached hydrogens (tertiary/aromatic N) is 2. The van der Waals surface area contributed by atoms with Gasteiger partial charge in [0.05, 0.1) is 11.3 Å². The summed E-state index contributed by atoms with van der Waals surface area (Å²) >= 11 is 6.64. The lowest BCUT2D eigenvalue weighted by atomic mass is 10.2. The Bertz CT molecular complexity index is 731. The number of aliphatic hydroxyl groups is 1. The molecule has 0 bridgehead atoms. The van der Waals surface area contributed by atoms with Crippen LogP contribution in [-0.2, 0) is 0 Å². The van der Waals surface area contributed by atoms with Crippen molar-refractivity contribution in [3.05, 3.63) is 45.4 Å². The van der Waals surface area contributed by atoms with Crippen LogP contribution in [0.5, 0.6) is 0 Å². The minimum Gasteiger partial charge on any atom is -0.510 e. The molecule has 0 atom stereocenters. The second kappa shape index (κ2) is 5.17. The van der Waals surface area contributed by atoms with E-state index in [0.717, 1.165) is 0 Å². The average molecular weight is 279 g/mol. The molecule has 4 nitrogen and oxygen atoms in total. The molecule has 2 aromatic rings. The Kier molecular flexibility index (Phi) is 3.60. The number of aromatic nitrogens is 1. The van der Waals surface area contributed by atoms with E-state index < -0.39 is 5.56 Å². The zero-order valence-corrected chi connectivity index (χ0v) is 10.6. The maximum absolute atomic E-state index is 11.8. The molecular weight excluding hydrogens is 272 g/mol. The van der Waals surface area contributed by atoms with Crippen LogP contribution in [0.25, 0.3) is 15.7 Å². The minimum absolute atomic E-state index is 0.0575. The summed E-state index contributed by atoms with van der Waals surface area (Å²) in [5.41, 5.74) is -0.479. The van der Waals surface area contributed by atoms with Gasteiger partial charge in [-0.15, -0.1) is 22.9 Å². The van der Waals surface area contributed by atoms with Crippen molar-refractivity contribution in [1.29, 1.82) is 5.26 Å². The maximum Gasteiger partial charge on any atom is 0.279 e. The van der Waals surface area contributed by atoms with Gasteiger partial charge in [-0.2, -0.15) is 10.2 Å². The van der Waals surface area contributed by atoms with Gasteiger partial charge in [0.1, 0.15) is 22.4 Å². The Morgan fingerprint density at radius 2 is 2.22 bits per heavy atom. The normalized spacial score (nSPS) is 12.0. The van der Waals surface area contributed by atoms with E-state index in [-0.39, 0.29) is 22.2 Å². The molecule has 1 aromatic heterocycles. The molecule has 0 aliphatic heterocycles. The van der Waals surface area contributed by atoms with Crippen molar-refractivity contribution >= 4 is 38.6 Å². The molecule has 90 valence electrons. The largest absolute Gasteiger partial charge is 0.510 e. The van der Waals surface area contributed by atoms with E-state index in [1.54, 1.807) is 24.3 Å². The molecular formula is C12H7ClN2O2S. The number of halogens is 1. The number of aliphatic hydroxyl groups excluding tert-OH is 1. The van der Waals surface area contributed by atoms with Gasteiger partial charge in [0.2, 0.25) is 0 Å². The first-order chi connectivity index (χ1) is 8.67. The summed E-state index contributed by atoms with van der Waals surface area (Å²) in [5.74, 6) is -0.476. The zero-order chi connectivity index (χ0) is 13.1. The SMILES string of the molecule is N#C/C(=C(/O)CCl)c1nc(=O)c2ccccc2s1. The van der Waals surface area contributed by atoms with Gasteiger partial charge in [-0.1, -0.05) is 12.1 Å². The third kappa shape index (κ3) is 2.21. The van der Waals surface area contributed by atoms with Crippen molar-refractivity contribution in [2.45, 2.75) is 0 Å². The van der Waals surface area contributed by atoms with Gasteiger partial charge in [0, 0.05) is 4.70 Å². The number of alkyl halides is 1. The first-order valence-corrected chi connectivity index (χ1v) is 6.31. The van der Waals surface area contributed by atoms with Gasteiger partial charge in [0.25, 0.3) is 5.56 Å². The Morgan fingerprint density at radius 3 is 2.89 bits per heavy atom. The van der Waals surface area contributed by atoms with E-state index in [4.69, 9.17) is 16.9 Å². The fourth-order valence-corrected chi connectivity index (χ4v) is 2.57. The summed E-state index contributed by atoms with van der Waals surface area (Å²) in [7, 11) is 0. The number of allylic oxidation sites excluding steroid dienone is 2. The molecule has 0 fully saturated rings. The van der Waals surface area contributed by atoms with Crippen LogP contribution in [0.4, 0.5) is 0 Å². The fourth-order valence-electron chi connectivity index (χ4n) is 1.42. The van der Waals surface area contributed by atoms with Crippen molar-refractivity contribution in [2.24, 2.45) is 0 Å². The second-order valence-corrected chi connectivity index (χ2v) is 4.69. The van der Waals surface area contributed by atoms with Crippen LogP contribution in [0.15, 0.2) is 34.8 Å². The number of hydrogen-bond donors (Lipinski definition) is 1. The van der Waals surface area contributed by atoms with E-state index in [1.807, 2.05) is 6.07 Å². The average Bonchev–Trinajstić information content (AvgIpc) is 2.39. The third-order valence-electron chi connectivity index (χ3n) is 2.27. The first kappa shape index (κ1) is 12.6. The standard InChI is InChI=1S/C12H7ClN2O2S/c13-5-9(16)8(6-14)12-15-11(17)7-3-1-2-4-10(7)18-12/h1-4,16H,5H2/b9-8-. The van der Waals surface area contributed by atoms with Crippen molar-refractivity contribution < 1.29 is 5.11 Å². The van der Waals surface area contributed by atoms with Crippen LogP contribution in [0, 0.1) is 11.3 Å². The van der Waals surface area contributed by atoms with Crippen molar-refractivity contribution in [3.8, 4) is 6.07 Å². The highest BCUT2D eigenvalue weighted by Gasteiger charge is 2.12. The quantitative estimate of drug-likeness (QED) is 0.521. The molecule has 6 heteroatoms. The molecule has 0 spiro atoms. The summed E-state index contributed by atoms with van der Waals surface area (Å²) in [4.78, 5) is 15.6. The summed E-state index contributed by atoms with van der Waals surface area (Å²) in [6.07, 6.45) is 0. The predicted molar refractivity (Wildman–Crippen MR) is 71.8 cm³/mol. The molecule has 0 aliphatic rings. The van der Waals surface area contributed by atoms with Crippen LogP contribution in [0.1, 0.15) is 5.01 Å². The maximum atomic E-state index is 11.8. The number of fused-ring (bicyclic) bond motifs is 1. The third-order valence-corrected chi connectivity index (χ3v) is 3.59. The highest BCUT2D eigenvalue weighted by atomic mass is 35.5. The van der Waals surface area contributed by atoms with Gasteiger partial charge < -0.3 is 5.11 Å². The van der Waals surface area contributed by atoms with Crippen molar-refractivity contribution in [3.63, 3.8) is 0 Å². The smallest absolute Gasteiger partial charge is 0.279 e. The fraction of sp³-hybridized carbons (Fsp3) is 0.0833. The van der Waals surface area contributed by atoms with Crippen LogP contribution in [0.3, 0.4) is 0 Å². The van der Waals surface area contributed by atoms with Crippen LogP contribution >= 0.6 is 22.9 Å². The van der Waals surface area contributed by atoms with E-state index >= 15 is 0 Å². The topological polar surface area (TPSA) is 74.0 Å². The first-order valence-electron chi connectivity index (χ1n) is 4.95. The molecule has 0 radical (unpaired) electrons. The van der Waals surface area contributed by atoms with E-state index in [2.05, 4.69) is 4.98 Å². The Hall–Kier alpha value is -1.90. The summed E-state index contributed by atoms with van der Waals surface area (Å²) in [6.45, 7) is 0. The predicted octanol–water partition coefficient (Wildman–Crippen LogP) is 2.69. The summed E-state index contributed by atoms with van der Waals surface area (Å²) < 4.78 is 0.711. The van der Waals surface area contributed by atoms with Gasteiger partial charge in [-0.3, -0.25) is 4.79 Å². The molecule has 2 rings (SSSR count). The van der Waals surface area contributed by atoms with E-state index in [1.165, 1.54) is 11.3 Å². The van der Waals surface area contributed by atoms with Crippen LogP contribution in [-0.4, -0.2) is 16.0 Å². The van der Waals surface area contributed by atoms with Gasteiger partial charge >= 0.3 is 0 Å². The number of rotatable bonds is 2. The molecule has 1 N–H and O–H groups in total. The highest BCUT2D eigenvalue weighted by molar-refractivity contribution is 7.19. The lowest BCUT2D eigenvalue weighted by Crippen LogP contribution is -2.08. The molecule has 1 aromatic carbocycles. The van der Waals surface area contributed by atoms with Gasteiger partial charge in [-0.25, -0.2) is 0 Å². The molecule has 0 aliphatic carbocycles. The monoisotopic (exact) mass is 278 g/mol. The number of nitriles is 1. The van der Waals surface area contributed by atoms with Crippen molar-refractivity contribution in [2.75, 3.05) is 5.88 Å². The lowest BCUT2D eigenvalue weighted by Gasteiger charge is -2.01. The number of hydrogen-bond acceptors (Lipinski definition) is 5. The van der Waals surface area contributed by atoms with Gasteiger partial charge in [-0.05, 0) is 12.1 Å². The van der Waals surface area contributed by atoms with E-state index in [9.17, 15) is 9.90 Å². The lowest BCUT2D eigenvalue weighted by molar-refractivity contribution is 0.420. The Labute approximate surface area is 111 Å². The van der Waals surface area contributed by atoms with E-state index in [0.29, 0.717) is 10.1 Å². The molecule has 0 saturated heterocycles. The number of benzene rings is 1. The minimum atomic E-state index is -0.422. The molecule has 0 saturated carbocycles. The van der Waals surface area contributed by atoms with Gasteiger partial charge in [0.15, 0.2) is 0 Å². The van der Waals surface area contributed by atoms with Crippen molar-refractivity contribution in [1.82, 2.24) is 4.98 Å². The van der Waals surface area contributed by atoms with Crippen LogP contribution in [0.2, 0.25) is 0 Å². The summed E-state index contributed by atoms with van der Waals surface area (Å²) in [5, 5.41) is 19.2. The highest BCUT2D eigenvalue weighted by Crippen LogP contribution is 2.24. The molecule has 0 amide bonds. The second-order valence-electron chi connectivity index (χ2n) is 3.39. The zero-order valence-electron chi connectivity index (χ0n) is 9.05. The van der Waals surface area contributed by atoms with Crippen LogP contribution < -0.4 is 5.56 Å². The Morgan fingerprint density at radius 1 is 1.50 bits per heavy atom. The Balaban J connectivity index is 2.75. The summed E-state index contributed by atoms with van der Waals surface area (Å²) in [6, 6.07) is 8.78. The molecule has 1 heterocycles. The molecule has 18 heavy (non-hydrogen) atoms.